The first-order valence-corrected chi connectivity index (χ1v) is 5.84. The Morgan fingerprint density at radius 2 is 2.12 bits per heavy atom. The average molecular weight is 221 g/mol. The van der Waals surface area contributed by atoms with Crippen LogP contribution in [0.15, 0.2) is 30.3 Å². The number of hydrogen-bond acceptors (Lipinski definition) is 3. The molecular formula is C13H19NO2. The number of rotatable bonds is 3. The van der Waals surface area contributed by atoms with Crippen molar-refractivity contribution in [2.24, 2.45) is 0 Å². The van der Waals surface area contributed by atoms with Crippen molar-refractivity contribution in [2.45, 2.75) is 31.7 Å². The fraction of sp³-hybridized carbons (Fsp3) is 0.538. The Morgan fingerprint density at radius 1 is 1.38 bits per heavy atom. The summed E-state index contributed by atoms with van der Waals surface area (Å²) < 4.78 is 5.71. The molecule has 0 amide bonds. The molecule has 3 atom stereocenters. The molecule has 1 aromatic carbocycles. The smallest absolute Gasteiger partial charge is 0.0965 e. The maximum atomic E-state index is 10.1. The van der Waals surface area contributed by atoms with Crippen LogP contribution in [0.2, 0.25) is 0 Å². The maximum Gasteiger partial charge on any atom is 0.0965 e. The molecule has 0 bridgehead atoms. The molecule has 2 rings (SSSR count). The molecular weight excluding hydrogens is 202 g/mol. The maximum absolute atomic E-state index is 10.1. The lowest BCUT2D eigenvalue weighted by Crippen LogP contribution is -2.49. The second kappa shape index (κ2) is 5.43. The average Bonchev–Trinajstić information content (AvgIpc) is 2.30. The molecule has 3 heteroatoms. The highest BCUT2D eigenvalue weighted by molar-refractivity contribution is 5.15. The van der Waals surface area contributed by atoms with Gasteiger partial charge in [-0.15, -0.1) is 0 Å². The van der Waals surface area contributed by atoms with Crippen LogP contribution < -0.4 is 5.32 Å². The van der Waals surface area contributed by atoms with E-state index in [-0.39, 0.29) is 12.2 Å². The van der Waals surface area contributed by atoms with Crippen molar-refractivity contribution >= 4 is 0 Å². The minimum Gasteiger partial charge on any atom is -0.390 e. The zero-order valence-electron chi connectivity index (χ0n) is 9.60. The standard InChI is InChI=1S/C13H19NO2/c1-10-8-14-9-13(16-10)12(15)7-11-5-3-2-4-6-11/h2-6,10,12-15H,7-9H2,1H3/t10-,12+,13-/m1/s1. The van der Waals surface area contributed by atoms with E-state index in [0.29, 0.717) is 6.42 Å². The zero-order chi connectivity index (χ0) is 11.4. The number of benzene rings is 1. The van der Waals surface area contributed by atoms with E-state index < -0.39 is 6.10 Å². The molecule has 0 saturated carbocycles. The number of aliphatic hydroxyl groups excluding tert-OH is 1. The number of ether oxygens (including phenoxy) is 1. The van der Waals surface area contributed by atoms with E-state index in [2.05, 4.69) is 5.32 Å². The Labute approximate surface area is 96.4 Å². The monoisotopic (exact) mass is 221 g/mol. The van der Waals surface area contributed by atoms with Gasteiger partial charge >= 0.3 is 0 Å². The summed E-state index contributed by atoms with van der Waals surface area (Å²) in [7, 11) is 0. The minimum absolute atomic E-state index is 0.0936. The number of aliphatic hydroxyl groups is 1. The van der Waals surface area contributed by atoms with Gasteiger partial charge in [-0.05, 0) is 12.5 Å². The van der Waals surface area contributed by atoms with Crippen LogP contribution in [0.25, 0.3) is 0 Å². The van der Waals surface area contributed by atoms with Gasteiger partial charge in [-0.1, -0.05) is 30.3 Å². The Kier molecular flexibility index (Phi) is 3.93. The lowest BCUT2D eigenvalue weighted by molar-refractivity contribution is -0.0874. The third kappa shape index (κ3) is 3.04. The van der Waals surface area contributed by atoms with Crippen LogP contribution in [0.1, 0.15) is 12.5 Å². The Hall–Kier alpha value is -0.900. The van der Waals surface area contributed by atoms with E-state index in [1.165, 1.54) is 0 Å². The molecule has 1 aromatic rings. The highest BCUT2D eigenvalue weighted by Crippen LogP contribution is 2.12. The summed E-state index contributed by atoms with van der Waals surface area (Å²) >= 11 is 0. The van der Waals surface area contributed by atoms with Crippen LogP contribution in [0.5, 0.6) is 0 Å². The van der Waals surface area contributed by atoms with E-state index in [1.54, 1.807) is 0 Å². The molecule has 1 fully saturated rings. The van der Waals surface area contributed by atoms with E-state index in [9.17, 15) is 5.11 Å². The summed E-state index contributed by atoms with van der Waals surface area (Å²) in [4.78, 5) is 0. The van der Waals surface area contributed by atoms with Crippen molar-refractivity contribution < 1.29 is 9.84 Å². The predicted octanol–water partition coefficient (Wildman–Crippen LogP) is 0.967. The molecule has 1 saturated heterocycles. The molecule has 0 radical (unpaired) electrons. The van der Waals surface area contributed by atoms with E-state index >= 15 is 0 Å². The molecule has 3 nitrogen and oxygen atoms in total. The normalized spacial score (nSPS) is 27.6. The highest BCUT2D eigenvalue weighted by Gasteiger charge is 2.25. The van der Waals surface area contributed by atoms with Gasteiger partial charge in [0.1, 0.15) is 0 Å². The summed E-state index contributed by atoms with van der Waals surface area (Å²) in [5, 5.41) is 13.3. The van der Waals surface area contributed by atoms with Gasteiger partial charge in [0.05, 0.1) is 18.3 Å². The SMILES string of the molecule is C[C@@H]1CNC[C@H]([C@@H](O)Cc2ccccc2)O1. The van der Waals surface area contributed by atoms with Gasteiger partial charge in [-0.3, -0.25) is 0 Å². The lowest BCUT2D eigenvalue weighted by atomic mass is 10.0. The fourth-order valence-electron chi connectivity index (χ4n) is 2.04. The van der Waals surface area contributed by atoms with Crippen LogP contribution in [0, 0.1) is 0 Å². The summed E-state index contributed by atoms with van der Waals surface area (Å²) in [6.07, 6.45) is 0.311. The van der Waals surface area contributed by atoms with Gasteiger partial charge in [0.15, 0.2) is 0 Å². The largest absolute Gasteiger partial charge is 0.390 e. The predicted molar refractivity (Wildman–Crippen MR) is 63.4 cm³/mol. The number of morpholine rings is 1. The van der Waals surface area contributed by atoms with E-state index in [4.69, 9.17) is 4.74 Å². The van der Waals surface area contributed by atoms with E-state index in [0.717, 1.165) is 18.7 Å². The van der Waals surface area contributed by atoms with Crippen LogP contribution in [-0.2, 0) is 11.2 Å². The third-order valence-corrected chi connectivity index (χ3v) is 2.90. The van der Waals surface area contributed by atoms with Crippen LogP contribution in [-0.4, -0.2) is 36.5 Å². The van der Waals surface area contributed by atoms with Gasteiger partial charge in [0, 0.05) is 19.5 Å². The Balaban J connectivity index is 1.90. The topological polar surface area (TPSA) is 41.5 Å². The van der Waals surface area contributed by atoms with Gasteiger partial charge in [-0.2, -0.15) is 0 Å². The first-order valence-electron chi connectivity index (χ1n) is 5.84. The van der Waals surface area contributed by atoms with Gasteiger partial charge in [0.25, 0.3) is 0 Å². The molecule has 0 unspecified atom stereocenters. The Morgan fingerprint density at radius 3 is 2.81 bits per heavy atom. The molecule has 0 aliphatic carbocycles. The van der Waals surface area contributed by atoms with Crippen molar-refractivity contribution in [3.63, 3.8) is 0 Å². The van der Waals surface area contributed by atoms with E-state index in [1.807, 2.05) is 37.3 Å². The number of hydrogen-bond donors (Lipinski definition) is 2. The van der Waals surface area contributed by atoms with Crippen molar-refractivity contribution in [1.82, 2.24) is 5.32 Å². The summed E-state index contributed by atoms with van der Waals surface area (Å²) in [5.41, 5.74) is 1.15. The third-order valence-electron chi connectivity index (χ3n) is 2.90. The molecule has 1 aliphatic heterocycles. The first kappa shape index (κ1) is 11.6. The molecule has 88 valence electrons. The summed E-state index contributed by atoms with van der Waals surface area (Å²) in [6, 6.07) is 10.0. The molecule has 0 aromatic heterocycles. The van der Waals surface area contributed by atoms with Crippen LogP contribution in [0.3, 0.4) is 0 Å². The fourth-order valence-corrected chi connectivity index (χ4v) is 2.04. The summed E-state index contributed by atoms with van der Waals surface area (Å²) in [6.45, 7) is 3.63. The molecule has 16 heavy (non-hydrogen) atoms. The van der Waals surface area contributed by atoms with Crippen molar-refractivity contribution in [3.8, 4) is 0 Å². The first-order chi connectivity index (χ1) is 7.75. The minimum atomic E-state index is -0.433. The van der Waals surface area contributed by atoms with Gasteiger partial charge in [-0.25, -0.2) is 0 Å². The molecule has 1 heterocycles. The van der Waals surface area contributed by atoms with Crippen LogP contribution >= 0.6 is 0 Å². The van der Waals surface area contributed by atoms with Crippen molar-refractivity contribution in [2.75, 3.05) is 13.1 Å². The van der Waals surface area contributed by atoms with Gasteiger partial charge in [0.2, 0.25) is 0 Å². The molecule has 1 aliphatic rings. The molecule has 2 N–H and O–H groups in total. The second-order valence-corrected chi connectivity index (χ2v) is 4.40. The summed E-state index contributed by atoms with van der Waals surface area (Å²) in [5.74, 6) is 0. The van der Waals surface area contributed by atoms with Crippen LogP contribution in [0.4, 0.5) is 0 Å². The highest BCUT2D eigenvalue weighted by atomic mass is 16.5. The zero-order valence-corrected chi connectivity index (χ0v) is 9.60. The van der Waals surface area contributed by atoms with Gasteiger partial charge < -0.3 is 15.2 Å². The quantitative estimate of drug-likeness (QED) is 0.799. The van der Waals surface area contributed by atoms with Crippen molar-refractivity contribution in [1.29, 1.82) is 0 Å². The molecule has 0 spiro atoms. The van der Waals surface area contributed by atoms with Crippen molar-refractivity contribution in [3.05, 3.63) is 35.9 Å². The Bertz CT molecular complexity index is 315. The second-order valence-electron chi connectivity index (χ2n) is 4.40. The lowest BCUT2D eigenvalue weighted by Gasteiger charge is -2.32. The number of nitrogens with one attached hydrogen (secondary N) is 1.